The van der Waals surface area contributed by atoms with Crippen molar-refractivity contribution >= 4 is 21.4 Å². The van der Waals surface area contributed by atoms with Gasteiger partial charge in [0.15, 0.2) is 0 Å². The van der Waals surface area contributed by atoms with Crippen LogP contribution < -0.4 is 14.8 Å². The zero-order valence-corrected chi connectivity index (χ0v) is 13.6. The second-order valence-electron chi connectivity index (χ2n) is 5.41. The minimum Gasteiger partial charge on any atom is -0.497 e. The molecule has 7 heteroatoms. The van der Waals surface area contributed by atoms with Gasteiger partial charge < -0.3 is 14.8 Å². The molecule has 1 aliphatic rings. The van der Waals surface area contributed by atoms with Gasteiger partial charge in [0.1, 0.15) is 21.3 Å². The van der Waals surface area contributed by atoms with Crippen LogP contribution in [-0.2, 0) is 14.6 Å². The monoisotopic (exact) mass is 327 g/mol. The van der Waals surface area contributed by atoms with Crippen LogP contribution in [0.3, 0.4) is 0 Å². The van der Waals surface area contributed by atoms with Crippen molar-refractivity contribution in [3.63, 3.8) is 0 Å². The number of rotatable bonds is 5. The van der Waals surface area contributed by atoms with Gasteiger partial charge in [-0.25, -0.2) is 8.42 Å². The number of hydrogen-bond acceptors (Lipinski definition) is 5. The van der Waals surface area contributed by atoms with Crippen LogP contribution in [0.4, 0.5) is 5.69 Å². The predicted octanol–water partition coefficient (Wildman–Crippen LogP) is 1.86. The van der Waals surface area contributed by atoms with E-state index in [9.17, 15) is 13.2 Å². The van der Waals surface area contributed by atoms with E-state index < -0.39 is 9.84 Å². The summed E-state index contributed by atoms with van der Waals surface area (Å²) in [5.41, 5.74) is 0.580. The fraction of sp³-hybridized carbons (Fsp3) is 0.533. The summed E-state index contributed by atoms with van der Waals surface area (Å²) in [6.45, 7) is 0. The molecule has 0 spiro atoms. The number of anilines is 1. The summed E-state index contributed by atoms with van der Waals surface area (Å²) in [4.78, 5) is 12.1. The van der Waals surface area contributed by atoms with Crippen molar-refractivity contribution in [3.8, 4) is 11.5 Å². The summed E-state index contributed by atoms with van der Waals surface area (Å²) in [5, 5.41) is 2.81. The number of nitrogens with one attached hydrogen (secondary N) is 1. The van der Waals surface area contributed by atoms with Gasteiger partial charge in [0.2, 0.25) is 5.91 Å². The van der Waals surface area contributed by atoms with Gasteiger partial charge in [-0.05, 0) is 30.9 Å². The zero-order chi connectivity index (χ0) is 16.2. The summed E-state index contributed by atoms with van der Waals surface area (Å²) in [6, 6.07) is 5.16. The fourth-order valence-electron chi connectivity index (χ4n) is 2.51. The maximum Gasteiger partial charge on any atom is 0.224 e. The molecule has 1 N–H and O–H groups in total. The molecule has 0 bridgehead atoms. The molecule has 22 heavy (non-hydrogen) atoms. The van der Waals surface area contributed by atoms with Crippen molar-refractivity contribution in [3.05, 3.63) is 18.2 Å². The molecule has 0 unspecified atom stereocenters. The molecule has 2 rings (SSSR count). The zero-order valence-electron chi connectivity index (χ0n) is 12.8. The number of benzene rings is 1. The smallest absolute Gasteiger partial charge is 0.224 e. The quantitative estimate of drug-likeness (QED) is 0.892. The highest BCUT2D eigenvalue weighted by atomic mass is 32.2. The van der Waals surface area contributed by atoms with Gasteiger partial charge in [-0.1, -0.05) is 0 Å². The Morgan fingerprint density at radius 2 is 1.91 bits per heavy atom. The number of carbonyl (C=O) groups excluding carboxylic acids is 1. The van der Waals surface area contributed by atoms with Crippen molar-refractivity contribution in [2.45, 2.75) is 19.3 Å². The van der Waals surface area contributed by atoms with E-state index in [-0.39, 0.29) is 23.3 Å². The van der Waals surface area contributed by atoms with Crippen LogP contribution in [0.25, 0.3) is 0 Å². The van der Waals surface area contributed by atoms with Crippen LogP contribution in [0.2, 0.25) is 0 Å². The Bertz CT molecular complexity index is 627. The molecule has 122 valence electrons. The first-order valence-electron chi connectivity index (χ1n) is 7.16. The molecule has 0 aliphatic carbocycles. The Kier molecular flexibility index (Phi) is 5.28. The fourth-order valence-corrected chi connectivity index (χ4v) is 4.10. The molecule has 0 radical (unpaired) electrons. The third kappa shape index (κ3) is 4.37. The Labute approximate surface area is 130 Å². The summed E-state index contributed by atoms with van der Waals surface area (Å²) in [6.07, 6.45) is 1.43. The Balaban J connectivity index is 1.95. The van der Waals surface area contributed by atoms with Gasteiger partial charge in [0.25, 0.3) is 0 Å². The molecular formula is C15H21NO5S. The standard InChI is InChI=1S/C15H21NO5S/c1-20-12-3-4-13(14(10-12)21-2)16-15(17)9-11-5-7-22(18,19)8-6-11/h3-4,10-11H,5-9H2,1-2H3,(H,16,17). The summed E-state index contributed by atoms with van der Waals surface area (Å²) in [5.74, 6) is 1.51. The lowest BCUT2D eigenvalue weighted by Gasteiger charge is -2.21. The van der Waals surface area contributed by atoms with Crippen LogP contribution >= 0.6 is 0 Å². The van der Waals surface area contributed by atoms with Gasteiger partial charge in [0.05, 0.1) is 31.4 Å². The van der Waals surface area contributed by atoms with Crippen LogP contribution in [0.5, 0.6) is 11.5 Å². The summed E-state index contributed by atoms with van der Waals surface area (Å²) >= 11 is 0. The maximum atomic E-state index is 12.1. The van der Waals surface area contributed by atoms with E-state index in [1.54, 1.807) is 25.3 Å². The third-order valence-corrected chi connectivity index (χ3v) is 5.55. The molecule has 1 aromatic rings. The number of sulfone groups is 1. The number of amides is 1. The SMILES string of the molecule is COc1ccc(NC(=O)CC2CCS(=O)(=O)CC2)c(OC)c1. The van der Waals surface area contributed by atoms with E-state index >= 15 is 0 Å². The lowest BCUT2D eigenvalue weighted by Crippen LogP contribution is -2.26. The Hall–Kier alpha value is -1.76. The van der Waals surface area contributed by atoms with Crippen LogP contribution in [0.1, 0.15) is 19.3 Å². The number of methoxy groups -OCH3 is 2. The van der Waals surface area contributed by atoms with Gasteiger partial charge in [-0.2, -0.15) is 0 Å². The van der Waals surface area contributed by atoms with E-state index in [0.717, 1.165) is 0 Å². The van der Waals surface area contributed by atoms with Gasteiger partial charge in [0, 0.05) is 12.5 Å². The summed E-state index contributed by atoms with van der Waals surface area (Å²) < 4.78 is 33.1. The molecule has 1 amide bonds. The Morgan fingerprint density at radius 3 is 2.50 bits per heavy atom. The molecule has 1 heterocycles. The van der Waals surface area contributed by atoms with Crippen LogP contribution in [0.15, 0.2) is 18.2 Å². The van der Waals surface area contributed by atoms with Crippen molar-refractivity contribution in [2.24, 2.45) is 5.92 Å². The highest BCUT2D eigenvalue weighted by Gasteiger charge is 2.25. The van der Waals surface area contributed by atoms with E-state index in [1.165, 1.54) is 7.11 Å². The molecule has 0 saturated carbocycles. The van der Waals surface area contributed by atoms with Gasteiger partial charge >= 0.3 is 0 Å². The molecular weight excluding hydrogens is 306 g/mol. The third-order valence-electron chi connectivity index (χ3n) is 3.83. The van der Waals surface area contributed by atoms with Crippen LogP contribution in [0, 0.1) is 5.92 Å². The lowest BCUT2D eigenvalue weighted by atomic mass is 9.98. The Morgan fingerprint density at radius 1 is 1.23 bits per heavy atom. The lowest BCUT2D eigenvalue weighted by molar-refractivity contribution is -0.117. The van der Waals surface area contributed by atoms with Crippen molar-refractivity contribution in [1.82, 2.24) is 0 Å². The predicted molar refractivity (Wildman–Crippen MR) is 84.2 cm³/mol. The molecule has 0 aromatic heterocycles. The van der Waals surface area contributed by atoms with E-state index in [2.05, 4.69) is 5.32 Å². The highest BCUT2D eigenvalue weighted by molar-refractivity contribution is 7.91. The van der Waals surface area contributed by atoms with Gasteiger partial charge in [-0.15, -0.1) is 0 Å². The van der Waals surface area contributed by atoms with Gasteiger partial charge in [-0.3, -0.25) is 4.79 Å². The topological polar surface area (TPSA) is 81.7 Å². The summed E-state index contributed by atoms with van der Waals surface area (Å²) in [7, 11) is 0.190. The maximum absolute atomic E-state index is 12.1. The normalized spacial score (nSPS) is 17.7. The number of ether oxygens (including phenoxy) is 2. The average molecular weight is 327 g/mol. The average Bonchev–Trinajstić information content (AvgIpc) is 2.50. The van der Waals surface area contributed by atoms with Crippen LogP contribution in [-0.4, -0.2) is 40.1 Å². The minimum absolute atomic E-state index is 0.118. The largest absolute Gasteiger partial charge is 0.497 e. The van der Waals surface area contributed by atoms with Crippen molar-refractivity contribution in [1.29, 1.82) is 0 Å². The first-order chi connectivity index (χ1) is 10.4. The number of carbonyl (C=O) groups is 1. The molecule has 0 atom stereocenters. The molecule has 1 aromatic carbocycles. The minimum atomic E-state index is -2.89. The van der Waals surface area contributed by atoms with E-state index in [1.807, 2.05) is 0 Å². The second-order valence-corrected chi connectivity index (χ2v) is 7.72. The second kappa shape index (κ2) is 7.00. The molecule has 1 saturated heterocycles. The van der Waals surface area contributed by atoms with E-state index in [0.29, 0.717) is 36.4 Å². The van der Waals surface area contributed by atoms with Crippen molar-refractivity contribution < 1.29 is 22.7 Å². The highest BCUT2D eigenvalue weighted by Crippen LogP contribution is 2.30. The molecule has 6 nitrogen and oxygen atoms in total. The molecule has 1 fully saturated rings. The first-order valence-corrected chi connectivity index (χ1v) is 8.98. The van der Waals surface area contributed by atoms with E-state index in [4.69, 9.17) is 9.47 Å². The first kappa shape index (κ1) is 16.6. The van der Waals surface area contributed by atoms with Crippen molar-refractivity contribution in [2.75, 3.05) is 31.0 Å². The number of hydrogen-bond donors (Lipinski definition) is 1. The molecule has 1 aliphatic heterocycles.